The molecule has 6 heteroatoms. The average Bonchev–Trinajstić information content (AvgIpc) is 2.42. The van der Waals surface area contributed by atoms with Crippen molar-refractivity contribution >= 4 is 11.7 Å². The van der Waals surface area contributed by atoms with Crippen LogP contribution in [0.1, 0.15) is 30.8 Å². The second-order valence-electron chi connectivity index (χ2n) is 5.34. The Kier molecular flexibility index (Phi) is 3.71. The zero-order valence-corrected chi connectivity index (χ0v) is 11.7. The lowest BCUT2D eigenvalue weighted by molar-refractivity contribution is -0.0942. The minimum Gasteiger partial charge on any atom is -0.381 e. The van der Waals surface area contributed by atoms with Crippen molar-refractivity contribution in [3.63, 3.8) is 0 Å². The molecule has 104 valence electrons. The molecule has 0 bridgehead atoms. The number of ether oxygens (including phenoxy) is 1. The monoisotopic (exact) mass is 264 g/mol. The highest BCUT2D eigenvalue weighted by atomic mass is 16.5. The lowest BCUT2D eigenvalue weighted by atomic mass is 9.64. The van der Waals surface area contributed by atoms with Crippen LogP contribution in [-0.2, 0) is 4.74 Å². The maximum Gasteiger partial charge on any atom is 0.271 e. The van der Waals surface area contributed by atoms with E-state index in [4.69, 9.17) is 4.74 Å². The molecule has 0 radical (unpaired) electrons. The van der Waals surface area contributed by atoms with Gasteiger partial charge in [0.25, 0.3) is 5.91 Å². The molecule has 0 aromatic carbocycles. The first-order valence-corrected chi connectivity index (χ1v) is 6.32. The lowest BCUT2D eigenvalue weighted by Crippen LogP contribution is -2.61. The Bertz CT molecular complexity index is 458. The van der Waals surface area contributed by atoms with Crippen molar-refractivity contribution < 1.29 is 9.53 Å². The van der Waals surface area contributed by atoms with E-state index in [1.165, 1.54) is 6.20 Å². The molecular weight excluding hydrogens is 244 g/mol. The third-order valence-electron chi connectivity index (χ3n) is 3.91. The first-order chi connectivity index (χ1) is 8.98. The molecule has 2 rings (SSSR count). The Labute approximate surface area is 113 Å². The van der Waals surface area contributed by atoms with E-state index in [0.29, 0.717) is 11.5 Å². The highest BCUT2D eigenvalue weighted by Crippen LogP contribution is 2.42. The zero-order valence-electron chi connectivity index (χ0n) is 11.7. The first-order valence-electron chi connectivity index (χ1n) is 6.32. The van der Waals surface area contributed by atoms with Crippen molar-refractivity contribution in [2.75, 3.05) is 19.5 Å². The van der Waals surface area contributed by atoms with Gasteiger partial charge in [0.15, 0.2) is 0 Å². The van der Waals surface area contributed by atoms with E-state index >= 15 is 0 Å². The second kappa shape index (κ2) is 5.13. The summed E-state index contributed by atoms with van der Waals surface area (Å²) in [6.45, 7) is 4.18. The molecule has 1 aliphatic carbocycles. The molecule has 1 saturated carbocycles. The Hall–Kier alpha value is -1.69. The number of carbonyl (C=O) groups is 1. The number of rotatable bonds is 4. The van der Waals surface area contributed by atoms with Gasteiger partial charge in [-0.05, 0) is 6.42 Å². The molecule has 2 atom stereocenters. The SMILES string of the molecule is CNc1cnc(C(=O)NC2CC(OC)C2(C)C)cn1. The predicted molar refractivity (Wildman–Crippen MR) is 72.0 cm³/mol. The quantitative estimate of drug-likeness (QED) is 0.850. The van der Waals surface area contributed by atoms with E-state index < -0.39 is 0 Å². The Balaban J connectivity index is 1.98. The van der Waals surface area contributed by atoms with Crippen molar-refractivity contribution in [3.8, 4) is 0 Å². The van der Waals surface area contributed by atoms with Gasteiger partial charge < -0.3 is 15.4 Å². The molecular formula is C13H20N4O2. The van der Waals surface area contributed by atoms with Crippen molar-refractivity contribution in [2.24, 2.45) is 5.41 Å². The molecule has 6 nitrogen and oxygen atoms in total. The molecule has 0 saturated heterocycles. The van der Waals surface area contributed by atoms with Crippen LogP contribution < -0.4 is 10.6 Å². The Morgan fingerprint density at radius 3 is 2.63 bits per heavy atom. The highest BCUT2D eigenvalue weighted by Gasteiger charge is 2.49. The Morgan fingerprint density at radius 1 is 1.42 bits per heavy atom. The number of nitrogens with one attached hydrogen (secondary N) is 2. The largest absolute Gasteiger partial charge is 0.381 e. The summed E-state index contributed by atoms with van der Waals surface area (Å²) in [5.41, 5.74) is 0.276. The molecule has 2 unspecified atom stereocenters. The fourth-order valence-corrected chi connectivity index (χ4v) is 2.34. The van der Waals surface area contributed by atoms with Gasteiger partial charge in [0, 0.05) is 25.6 Å². The lowest BCUT2D eigenvalue weighted by Gasteiger charge is -2.51. The van der Waals surface area contributed by atoms with Gasteiger partial charge >= 0.3 is 0 Å². The molecule has 1 amide bonds. The van der Waals surface area contributed by atoms with Crippen molar-refractivity contribution in [3.05, 3.63) is 18.1 Å². The van der Waals surface area contributed by atoms with E-state index in [9.17, 15) is 4.79 Å². The molecule has 0 spiro atoms. The van der Waals surface area contributed by atoms with Gasteiger partial charge in [0.2, 0.25) is 0 Å². The summed E-state index contributed by atoms with van der Waals surface area (Å²) in [6.07, 6.45) is 4.03. The Morgan fingerprint density at radius 2 is 2.16 bits per heavy atom. The van der Waals surface area contributed by atoms with Crippen molar-refractivity contribution in [2.45, 2.75) is 32.4 Å². The summed E-state index contributed by atoms with van der Waals surface area (Å²) in [7, 11) is 3.46. The standard InChI is InChI=1S/C13H20N4O2/c1-13(2)9(5-10(13)19-4)17-12(18)8-6-16-11(14-3)7-15-8/h6-7,9-10H,5H2,1-4H3,(H,14,16)(H,17,18). The molecule has 0 aliphatic heterocycles. The second-order valence-corrected chi connectivity index (χ2v) is 5.34. The van der Waals surface area contributed by atoms with Gasteiger partial charge in [-0.25, -0.2) is 9.97 Å². The maximum absolute atomic E-state index is 12.1. The van der Waals surface area contributed by atoms with Crippen LogP contribution in [0, 0.1) is 5.41 Å². The van der Waals surface area contributed by atoms with Crippen molar-refractivity contribution in [1.82, 2.24) is 15.3 Å². The summed E-state index contributed by atoms with van der Waals surface area (Å²) in [6, 6.07) is 0.107. The summed E-state index contributed by atoms with van der Waals surface area (Å²) in [4.78, 5) is 20.2. The third-order valence-corrected chi connectivity index (χ3v) is 3.91. The van der Waals surface area contributed by atoms with E-state index in [0.717, 1.165) is 6.42 Å². The molecule has 1 fully saturated rings. The number of anilines is 1. The van der Waals surface area contributed by atoms with E-state index in [2.05, 4.69) is 34.4 Å². The zero-order chi connectivity index (χ0) is 14.0. The molecule has 1 aromatic heterocycles. The number of methoxy groups -OCH3 is 1. The fraction of sp³-hybridized carbons (Fsp3) is 0.615. The van der Waals surface area contributed by atoms with Gasteiger partial charge in [-0.15, -0.1) is 0 Å². The number of nitrogens with zero attached hydrogens (tertiary/aromatic N) is 2. The summed E-state index contributed by atoms with van der Waals surface area (Å²) in [5.74, 6) is 0.447. The number of aromatic nitrogens is 2. The van der Waals surface area contributed by atoms with Gasteiger partial charge in [0.05, 0.1) is 18.5 Å². The van der Waals surface area contributed by atoms with Gasteiger partial charge in [0.1, 0.15) is 11.5 Å². The number of amides is 1. The number of hydrogen-bond donors (Lipinski definition) is 2. The first kappa shape index (κ1) is 13.7. The molecule has 1 aliphatic rings. The highest BCUT2D eigenvalue weighted by molar-refractivity contribution is 5.92. The maximum atomic E-state index is 12.1. The summed E-state index contributed by atoms with van der Waals surface area (Å²) in [5, 5.41) is 5.84. The van der Waals surface area contributed by atoms with Crippen LogP contribution in [0.2, 0.25) is 0 Å². The van der Waals surface area contributed by atoms with E-state index in [-0.39, 0.29) is 23.5 Å². The van der Waals surface area contributed by atoms with Crippen LogP contribution in [-0.4, -0.2) is 42.2 Å². The van der Waals surface area contributed by atoms with Gasteiger partial charge in [-0.2, -0.15) is 0 Å². The van der Waals surface area contributed by atoms with Gasteiger partial charge in [-0.1, -0.05) is 13.8 Å². The van der Waals surface area contributed by atoms with E-state index in [1.807, 2.05) is 0 Å². The van der Waals surface area contributed by atoms with Crippen molar-refractivity contribution in [1.29, 1.82) is 0 Å². The van der Waals surface area contributed by atoms with Crippen LogP contribution in [0.25, 0.3) is 0 Å². The van der Waals surface area contributed by atoms with E-state index in [1.54, 1.807) is 20.4 Å². The van der Waals surface area contributed by atoms with Crippen LogP contribution in [0.5, 0.6) is 0 Å². The molecule has 19 heavy (non-hydrogen) atoms. The number of carbonyl (C=O) groups excluding carboxylic acids is 1. The molecule has 1 heterocycles. The number of hydrogen-bond acceptors (Lipinski definition) is 5. The minimum atomic E-state index is -0.192. The normalized spacial score (nSPS) is 24.4. The van der Waals surface area contributed by atoms with Crippen LogP contribution >= 0.6 is 0 Å². The fourth-order valence-electron chi connectivity index (χ4n) is 2.34. The van der Waals surface area contributed by atoms with Crippen LogP contribution in [0.4, 0.5) is 5.82 Å². The molecule has 1 aromatic rings. The average molecular weight is 264 g/mol. The van der Waals surface area contributed by atoms with Gasteiger partial charge in [-0.3, -0.25) is 4.79 Å². The predicted octanol–water partition coefficient (Wildman–Crippen LogP) is 1.06. The third kappa shape index (κ3) is 2.53. The summed E-state index contributed by atoms with van der Waals surface area (Å²) >= 11 is 0. The minimum absolute atomic E-state index is 0.0528. The molecule has 2 N–H and O–H groups in total. The van der Waals surface area contributed by atoms with Crippen LogP contribution in [0.15, 0.2) is 12.4 Å². The smallest absolute Gasteiger partial charge is 0.271 e. The summed E-state index contributed by atoms with van der Waals surface area (Å²) < 4.78 is 5.36. The van der Waals surface area contributed by atoms with Crippen LogP contribution in [0.3, 0.4) is 0 Å². The topological polar surface area (TPSA) is 76.1 Å².